The molecular weight excluding hydrogens is 310 g/mol. The number of ether oxygens (including phenoxy) is 2. The van der Waals surface area contributed by atoms with Crippen LogP contribution in [0.3, 0.4) is 0 Å². The van der Waals surface area contributed by atoms with E-state index in [1.54, 1.807) is 44.0 Å². The van der Waals surface area contributed by atoms with Crippen molar-refractivity contribution in [2.75, 3.05) is 18.1 Å². The van der Waals surface area contributed by atoms with Crippen LogP contribution in [0.15, 0.2) is 24.4 Å². The average Bonchev–Trinajstić information content (AvgIpc) is 3.27. The molecule has 1 aliphatic carbocycles. The Bertz CT molecular complexity index is 618. The topological polar surface area (TPSA) is 80.8 Å². The SMILES string of the molecule is CC(C)(C)OC(=O)NC1(C(=O)N(c2ccccn2)C2CC2)COC1. The van der Waals surface area contributed by atoms with E-state index in [9.17, 15) is 9.59 Å². The van der Waals surface area contributed by atoms with Gasteiger partial charge in [-0.25, -0.2) is 9.78 Å². The van der Waals surface area contributed by atoms with E-state index in [-0.39, 0.29) is 25.2 Å². The van der Waals surface area contributed by atoms with Crippen LogP contribution in [0.5, 0.6) is 0 Å². The van der Waals surface area contributed by atoms with Gasteiger partial charge in [0, 0.05) is 12.2 Å². The number of aromatic nitrogens is 1. The molecule has 2 heterocycles. The van der Waals surface area contributed by atoms with Gasteiger partial charge in [0.1, 0.15) is 11.4 Å². The Balaban J connectivity index is 1.78. The lowest BCUT2D eigenvalue weighted by Gasteiger charge is -2.43. The summed E-state index contributed by atoms with van der Waals surface area (Å²) in [5, 5.41) is 2.71. The van der Waals surface area contributed by atoms with Gasteiger partial charge in [-0.3, -0.25) is 9.69 Å². The summed E-state index contributed by atoms with van der Waals surface area (Å²) in [4.78, 5) is 31.3. The number of amides is 2. The molecule has 2 aliphatic rings. The number of alkyl carbamates (subject to hydrolysis) is 1. The largest absolute Gasteiger partial charge is 0.444 e. The molecule has 0 atom stereocenters. The highest BCUT2D eigenvalue weighted by Gasteiger charge is 2.53. The summed E-state index contributed by atoms with van der Waals surface area (Å²) in [6.07, 6.45) is 2.91. The zero-order chi connectivity index (χ0) is 17.4. The van der Waals surface area contributed by atoms with Gasteiger partial charge in [0.05, 0.1) is 13.2 Å². The van der Waals surface area contributed by atoms with Gasteiger partial charge < -0.3 is 14.8 Å². The minimum absolute atomic E-state index is 0.130. The number of hydrogen-bond acceptors (Lipinski definition) is 5. The third kappa shape index (κ3) is 3.51. The fraction of sp³-hybridized carbons (Fsp3) is 0.588. The quantitative estimate of drug-likeness (QED) is 0.910. The number of hydrogen-bond donors (Lipinski definition) is 1. The van der Waals surface area contributed by atoms with Gasteiger partial charge in [0.2, 0.25) is 0 Å². The first-order chi connectivity index (χ1) is 11.3. The van der Waals surface area contributed by atoms with E-state index < -0.39 is 17.2 Å². The standard InChI is InChI=1S/C17H23N3O4/c1-16(2,3)24-15(22)19-17(10-23-11-17)14(21)20(12-7-8-12)13-6-4-5-9-18-13/h4-6,9,12H,7-8,10-11H2,1-3H3,(H,19,22). The second-order valence-corrected chi connectivity index (χ2v) is 7.30. The zero-order valence-electron chi connectivity index (χ0n) is 14.2. The lowest BCUT2D eigenvalue weighted by molar-refractivity contribution is -0.145. The van der Waals surface area contributed by atoms with Crippen molar-refractivity contribution < 1.29 is 19.1 Å². The maximum atomic E-state index is 13.2. The van der Waals surface area contributed by atoms with Crippen molar-refractivity contribution in [1.82, 2.24) is 10.3 Å². The van der Waals surface area contributed by atoms with Crippen LogP contribution in [0, 0.1) is 0 Å². The number of pyridine rings is 1. The van der Waals surface area contributed by atoms with Crippen LogP contribution in [0.2, 0.25) is 0 Å². The van der Waals surface area contributed by atoms with Crippen LogP contribution in [-0.2, 0) is 14.3 Å². The van der Waals surface area contributed by atoms with Crippen LogP contribution in [0.4, 0.5) is 10.6 Å². The van der Waals surface area contributed by atoms with E-state index in [0.29, 0.717) is 5.82 Å². The van der Waals surface area contributed by atoms with Crippen molar-refractivity contribution in [3.63, 3.8) is 0 Å². The minimum atomic E-state index is -1.08. The number of nitrogens with zero attached hydrogens (tertiary/aromatic N) is 2. The van der Waals surface area contributed by atoms with Gasteiger partial charge in [0.15, 0.2) is 5.54 Å². The first kappa shape index (κ1) is 16.7. The van der Waals surface area contributed by atoms with Crippen molar-refractivity contribution in [2.45, 2.75) is 50.8 Å². The Morgan fingerprint density at radius 1 is 1.33 bits per heavy atom. The number of anilines is 1. The molecule has 0 radical (unpaired) electrons. The molecule has 7 nitrogen and oxygen atoms in total. The Morgan fingerprint density at radius 3 is 2.50 bits per heavy atom. The van der Waals surface area contributed by atoms with Gasteiger partial charge in [-0.05, 0) is 45.7 Å². The Hall–Kier alpha value is -2.15. The summed E-state index contributed by atoms with van der Waals surface area (Å²) in [6.45, 7) is 5.62. The van der Waals surface area contributed by atoms with E-state index in [1.807, 2.05) is 6.07 Å². The van der Waals surface area contributed by atoms with Crippen molar-refractivity contribution in [1.29, 1.82) is 0 Å². The molecular formula is C17H23N3O4. The summed E-state index contributed by atoms with van der Waals surface area (Å²) < 4.78 is 10.5. The molecule has 1 saturated carbocycles. The highest BCUT2D eigenvalue weighted by atomic mass is 16.6. The molecule has 0 aromatic carbocycles. The molecule has 0 spiro atoms. The Kier molecular flexibility index (Phi) is 4.21. The van der Waals surface area contributed by atoms with Crippen LogP contribution in [-0.4, -0.2) is 47.4 Å². The van der Waals surface area contributed by atoms with Crippen LogP contribution in [0.25, 0.3) is 0 Å². The summed E-state index contributed by atoms with van der Waals surface area (Å²) >= 11 is 0. The summed E-state index contributed by atoms with van der Waals surface area (Å²) in [5.74, 6) is 0.406. The van der Waals surface area contributed by atoms with Crippen molar-refractivity contribution in [3.05, 3.63) is 24.4 Å². The molecule has 1 N–H and O–H groups in total. The first-order valence-corrected chi connectivity index (χ1v) is 8.14. The average molecular weight is 333 g/mol. The first-order valence-electron chi connectivity index (χ1n) is 8.14. The zero-order valence-corrected chi connectivity index (χ0v) is 14.2. The molecule has 1 aromatic heterocycles. The van der Waals surface area contributed by atoms with E-state index in [0.717, 1.165) is 12.8 Å². The molecule has 1 saturated heterocycles. The maximum Gasteiger partial charge on any atom is 0.408 e. The van der Waals surface area contributed by atoms with Crippen molar-refractivity contribution in [2.24, 2.45) is 0 Å². The Labute approximate surface area is 141 Å². The van der Waals surface area contributed by atoms with Gasteiger partial charge in [-0.1, -0.05) is 6.07 Å². The van der Waals surface area contributed by atoms with E-state index in [2.05, 4.69) is 10.3 Å². The summed E-state index contributed by atoms with van der Waals surface area (Å²) in [7, 11) is 0. The second-order valence-electron chi connectivity index (χ2n) is 7.30. The Morgan fingerprint density at radius 2 is 2.04 bits per heavy atom. The third-order valence-corrected chi connectivity index (χ3v) is 3.87. The predicted molar refractivity (Wildman–Crippen MR) is 87.7 cm³/mol. The molecule has 7 heteroatoms. The predicted octanol–water partition coefficient (Wildman–Crippen LogP) is 1.87. The number of nitrogens with one attached hydrogen (secondary N) is 1. The fourth-order valence-corrected chi connectivity index (χ4v) is 2.57. The number of carbonyl (C=O) groups is 2. The minimum Gasteiger partial charge on any atom is -0.444 e. The van der Waals surface area contributed by atoms with E-state index in [1.165, 1.54) is 0 Å². The van der Waals surface area contributed by atoms with Gasteiger partial charge in [0.25, 0.3) is 5.91 Å². The molecule has 130 valence electrons. The summed E-state index contributed by atoms with van der Waals surface area (Å²) in [6, 6.07) is 5.58. The number of rotatable bonds is 4. The van der Waals surface area contributed by atoms with Gasteiger partial charge >= 0.3 is 6.09 Å². The molecule has 0 unspecified atom stereocenters. The molecule has 1 aromatic rings. The molecule has 3 rings (SSSR count). The normalized spacial score (nSPS) is 19.1. The third-order valence-electron chi connectivity index (χ3n) is 3.87. The molecule has 2 fully saturated rings. The lowest BCUT2D eigenvalue weighted by atomic mass is 9.95. The molecule has 1 aliphatic heterocycles. The van der Waals surface area contributed by atoms with Crippen LogP contribution >= 0.6 is 0 Å². The highest BCUT2D eigenvalue weighted by molar-refractivity contribution is 6.03. The monoisotopic (exact) mass is 333 g/mol. The fourth-order valence-electron chi connectivity index (χ4n) is 2.57. The lowest BCUT2D eigenvalue weighted by Crippen LogP contribution is -2.71. The van der Waals surface area contributed by atoms with Crippen molar-refractivity contribution in [3.8, 4) is 0 Å². The van der Waals surface area contributed by atoms with Crippen LogP contribution < -0.4 is 10.2 Å². The maximum absolute atomic E-state index is 13.2. The van der Waals surface area contributed by atoms with E-state index >= 15 is 0 Å². The molecule has 2 amide bonds. The highest BCUT2D eigenvalue weighted by Crippen LogP contribution is 2.34. The molecule has 24 heavy (non-hydrogen) atoms. The van der Waals surface area contributed by atoms with Gasteiger partial charge in [-0.2, -0.15) is 0 Å². The summed E-state index contributed by atoms with van der Waals surface area (Å²) in [5.41, 5.74) is -1.71. The molecule has 0 bridgehead atoms. The van der Waals surface area contributed by atoms with E-state index in [4.69, 9.17) is 9.47 Å². The number of carbonyl (C=O) groups excluding carboxylic acids is 2. The van der Waals surface area contributed by atoms with Crippen LogP contribution in [0.1, 0.15) is 33.6 Å². The van der Waals surface area contributed by atoms with Gasteiger partial charge in [-0.15, -0.1) is 0 Å². The van der Waals surface area contributed by atoms with Crippen molar-refractivity contribution >= 4 is 17.8 Å². The second kappa shape index (κ2) is 6.05. The smallest absolute Gasteiger partial charge is 0.408 e.